The normalized spacial score (nSPS) is 9.94. The molecule has 4 heteroatoms. The molecule has 1 N–H and O–H groups in total. The zero-order valence-electron chi connectivity index (χ0n) is 9.21. The smallest absolute Gasteiger partial charge is 0.331 e. The molecule has 0 radical (unpaired) electrons. The van der Waals surface area contributed by atoms with Gasteiger partial charge in [0, 0.05) is 12.0 Å². The molecule has 3 nitrogen and oxygen atoms in total. The predicted molar refractivity (Wildman–Crippen MR) is 63.2 cm³/mol. The highest BCUT2D eigenvalue weighted by atomic mass is 35.5. The van der Waals surface area contributed by atoms with Gasteiger partial charge in [-0.1, -0.05) is 18.2 Å². The Kier molecular flexibility index (Phi) is 3.96. The van der Waals surface area contributed by atoms with E-state index in [1.807, 2.05) is 6.92 Å². The quantitative estimate of drug-likeness (QED) is 0.824. The summed E-state index contributed by atoms with van der Waals surface area (Å²) in [5.41, 5.74) is 1.92. The number of hydrogen-bond acceptors (Lipinski definition) is 2. The number of benzene rings is 1. The molecular formula is C12H13ClO3. The third kappa shape index (κ3) is 2.76. The van der Waals surface area contributed by atoms with Crippen molar-refractivity contribution in [2.24, 2.45) is 0 Å². The molecule has 0 aliphatic rings. The topological polar surface area (TPSA) is 46.5 Å². The SMILES string of the molecule is C=C(Cc1cc(Cl)c(OC)cc1C)C(=O)O. The van der Waals surface area contributed by atoms with Gasteiger partial charge in [0.15, 0.2) is 0 Å². The Bertz CT molecular complexity index is 438. The Labute approximate surface area is 99.3 Å². The summed E-state index contributed by atoms with van der Waals surface area (Å²) in [6, 6.07) is 3.50. The van der Waals surface area contributed by atoms with E-state index in [2.05, 4.69) is 6.58 Å². The molecule has 0 fully saturated rings. The van der Waals surface area contributed by atoms with Crippen molar-refractivity contribution >= 4 is 17.6 Å². The van der Waals surface area contributed by atoms with E-state index < -0.39 is 5.97 Å². The van der Waals surface area contributed by atoms with E-state index in [-0.39, 0.29) is 12.0 Å². The summed E-state index contributed by atoms with van der Waals surface area (Å²) < 4.78 is 5.06. The lowest BCUT2D eigenvalue weighted by Crippen LogP contribution is -2.03. The fourth-order valence-corrected chi connectivity index (χ4v) is 1.61. The molecule has 0 spiro atoms. The highest BCUT2D eigenvalue weighted by molar-refractivity contribution is 6.32. The first-order chi connectivity index (χ1) is 7.45. The number of halogens is 1. The predicted octanol–water partition coefficient (Wildman–Crippen LogP) is 2.84. The maximum absolute atomic E-state index is 10.7. The van der Waals surface area contributed by atoms with Gasteiger partial charge in [0.2, 0.25) is 0 Å². The van der Waals surface area contributed by atoms with Crippen molar-refractivity contribution in [3.63, 3.8) is 0 Å². The van der Waals surface area contributed by atoms with Crippen molar-refractivity contribution in [3.8, 4) is 5.75 Å². The van der Waals surface area contributed by atoms with E-state index in [9.17, 15) is 4.79 Å². The summed E-state index contributed by atoms with van der Waals surface area (Å²) in [4.78, 5) is 10.7. The van der Waals surface area contributed by atoms with Gasteiger partial charge in [-0.2, -0.15) is 0 Å². The molecule has 0 aromatic heterocycles. The molecule has 1 aromatic carbocycles. The van der Waals surface area contributed by atoms with Crippen LogP contribution in [0.15, 0.2) is 24.3 Å². The lowest BCUT2D eigenvalue weighted by atomic mass is 10.0. The number of carboxylic acids is 1. The zero-order valence-corrected chi connectivity index (χ0v) is 9.97. The van der Waals surface area contributed by atoms with Crippen molar-refractivity contribution < 1.29 is 14.6 Å². The van der Waals surface area contributed by atoms with E-state index in [0.29, 0.717) is 10.8 Å². The van der Waals surface area contributed by atoms with Crippen LogP contribution in [0.5, 0.6) is 5.75 Å². The maximum Gasteiger partial charge on any atom is 0.331 e. The van der Waals surface area contributed by atoms with E-state index in [1.165, 1.54) is 7.11 Å². The molecular weight excluding hydrogens is 228 g/mol. The van der Waals surface area contributed by atoms with Crippen molar-refractivity contribution in [3.05, 3.63) is 40.4 Å². The summed E-state index contributed by atoms with van der Waals surface area (Å²) in [6.07, 6.45) is 0.283. The van der Waals surface area contributed by atoms with E-state index >= 15 is 0 Å². The lowest BCUT2D eigenvalue weighted by Gasteiger charge is -2.10. The number of carboxylic acid groups (broad SMARTS) is 1. The van der Waals surface area contributed by atoms with Crippen LogP contribution in [0.4, 0.5) is 0 Å². The Morgan fingerprint density at radius 1 is 1.56 bits per heavy atom. The highest BCUT2D eigenvalue weighted by Gasteiger charge is 2.10. The first kappa shape index (κ1) is 12.6. The molecule has 0 amide bonds. The molecule has 0 saturated carbocycles. The first-order valence-electron chi connectivity index (χ1n) is 4.69. The molecule has 0 aliphatic carbocycles. The summed E-state index contributed by atoms with van der Waals surface area (Å²) in [6.45, 7) is 5.37. The minimum Gasteiger partial charge on any atom is -0.495 e. The van der Waals surface area contributed by atoms with Crippen molar-refractivity contribution in [1.82, 2.24) is 0 Å². The van der Waals surface area contributed by atoms with Gasteiger partial charge < -0.3 is 9.84 Å². The number of aryl methyl sites for hydroxylation is 1. The van der Waals surface area contributed by atoms with Gasteiger partial charge in [-0.15, -0.1) is 0 Å². The molecule has 1 aromatic rings. The molecule has 86 valence electrons. The number of hydrogen-bond donors (Lipinski definition) is 1. The second-order valence-electron chi connectivity index (χ2n) is 3.50. The van der Waals surface area contributed by atoms with Crippen molar-refractivity contribution in [1.29, 1.82) is 0 Å². The van der Waals surface area contributed by atoms with Gasteiger partial charge in [0.1, 0.15) is 5.75 Å². The van der Waals surface area contributed by atoms with Gasteiger partial charge in [0.05, 0.1) is 12.1 Å². The van der Waals surface area contributed by atoms with E-state index in [0.717, 1.165) is 11.1 Å². The molecule has 0 atom stereocenters. The number of aliphatic carboxylic acids is 1. The number of rotatable bonds is 4. The molecule has 0 unspecified atom stereocenters. The minimum absolute atomic E-state index is 0.143. The summed E-state index contributed by atoms with van der Waals surface area (Å²) in [5, 5.41) is 9.22. The number of carbonyl (C=O) groups is 1. The molecule has 16 heavy (non-hydrogen) atoms. The zero-order chi connectivity index (χ0) is 12.3. The third-order valence-corrected chi connectivity index (χ3v) is 2.61. The fourth-order valence-electron chi connectivity index (χ4n) is 1.35. The number of methoxy groups -OCH3 is 1. The van der Waals surface area contributed by atoms with Crippen LogP contribution < -0.4 is 4.74 Å². The molecule has 0 saturated heterocycles. The average Bonchev–Trinajstić information content (AvgIpc) is 2.22. The fraction of sp³-hybridized carbons (Fsp3) is 0.250. The lowest BCUT2D eigenvalue weighted by molar-refractivity contribution is -0.132. The average molecular weight is 241 g/mol. The standard InChI is InChI=1S/C12H13ClO3/c1-7-5-11(16-3)10(13)6-9(7)4-8(2)12(14)15/h5-6H,2,4H2,1,3H3,(H,14,15). The van der Waals surface area contributed by atoms with Gasteiger partial charge in [0.25, 0.3) is 0 Å². The first-order valence-corrected chi connectivity index (χ1v) is 5.07. The van der Waals surface area contributed by atoms with Gasteiger partial charge in [-0.05, 0) is 30.2 Å². The summed E-state index contributed by atoms with van der Waals surface area (Å²) >= 11 is 5.96. The van der Waals surface area contributed by atoms with Crippen molar-refractivity contribution in [2.75, 3.05) is 7.11 Å². The summed E-state index contributed by atoms with van der Waals surface area (Å²) in [7, 11) is 1.54. The monoisotopic (exact) mass is 240 g/mol. The third-order valence-electron chi connectivity index (χ3n) is 2.32. The second-order valence-corrected chi connectivity index (χ2v) is 3.91. The van der Waals surface area contributed by atoms with Gasteiger partial charge >= 0.3 is 5.97 Å². The van der Waals surface area contributed by atoms with Gasteiger partial charge in [-0.3, -0.25) is 0 Å². The van der Waals surface area contributed by atoms with Crippen LogP contribution in [0.2, 0.25) is 5.02 Å². The second kappa shape index (κ2) is 5.03. The highest BCUT2D eigenvalue weighted by Crippen LogP contribution is 2.28. The Balaban J connectivity index is 3.02. The molecule has 1 rings (SSSR count). The van der Waals surface area contributed by atoms with Crippen LogP contribution in [0.3, 0.4) is 0 Å². The van der Waals surface area contributed by atoms with Crippen LogP contribution in [-0.4, -0.2) is 18.2 Å². The van der Waals surface area contributed by atoms with Crippen LogP contribution in [0.25, 0.3) is 0 Å². The van der Waals surface area contributed by atoms with Crippen molar-refractivity contribution in [2.45, 2.75) is 13.3 Å². The Hall–Kier alpha value is -1.48. The van der Waals surface area contributed by atoms with Gasteiger partial charge in [-0.25, -0.2) is 4.79 Å². The van der Waals surface area contributed by atoms with Crippen LogP contribution in [0.1, 0.15) is 11.1 Å². The maximum atomic E-state index is 10.7. The van der Waals surface area contributed by atoms with Crippen LogP contribution >= 0.6 is 11.6 Å². The molecule has 0 aliphatic heterocycles. The van der Waals surface area contributed by atoms with Crippen LogP contribution in [-0.2, 0) is 11.2 Å². The largest absolute Gasteiger partial charge is 0.495 e. The Morgan fingerprint density at radius 3 is 2.69 bits per heavy atom. The van der Waals surface area contributed by atoms with Crippen LogP contribution in [0, 0.1) is 6.92 Å². The Morgan fingerprint density at radius 2 is 2.19 bits per heavy atom. The van der Waals surface area contributed by atoms with E-state index in [1.54, 1.807) is 12.1 Å². The minimum atomic E-state index is -0.994. The molecule has 0 bridgehead atoms. The van der Waals surface area contributed by atoms with E-state index in [4.69, 9.17) is 21.4 Å². The summed E-state index contributed by atoms with van der Waals surface area (Å²) in [5.74, 6) is -0.407. The number of ether oxygens (including phenoxy) is 1. The molecule has 0 heterocycles.